The van der Waals surface area contributed by atoms with Gasteiger partial charge >= 0.3 is 0 Å². The van der Waals surface area contributed by atoms with Gasteiger partial charge in [-0.25, -0.2) is 18.1 Å². The number of sulfonamides is 1. The van der Waals surface area contributed by atoms with E-state index < -0.39 is 15.6 Å². The molecule has 1 heterocycles. The van der Waals surface area contributed by atoms with Gasteiger partial charge in [0.05, 0.1) is 11.4 Å². The molecule has 1 aromatic carbocycles. The number of thiophene rings is 1. The summed E-state index contributed by atoms with van der Waals surface area (Å²) in [5.41, 5.74) is 1.29. The van der Waals surface area contributed by atoms with E-state index in [4.69, 9.17) is 0 Å². The van der Waals surface area contributed by atoms with Crippen LogP contribution in [0.25, 0.3) is 0 Å². The van der Waals surface area contributed by atoms with Crippen LogP contribution in [0.1, 0.15) is 38.8 Å². The maximum absolute atomic E-state index is 12.7. The SMILES string of the molecule is CCNC(=NCc1ccsc1)NCc1ccccc1S(=O)(=O)NC(C)(C)C. The second kappa shape index (κ2) is 9.34. The Balaban J connectivity index is 2.15. The lowest BCUT2D eigenvalue weighted by molar-refractivity contribution is 0.491. The predicted octanol–water partition coefficient (Wildman–Crippen LogP) is 3.08. The lowest BCUT2D eigenvalue weighted by Gasteiger charge is -2.22. The summed E-state index contributed by atoms with van der Waals surface area (Å²) in [5, 5.41) is 10.5. The van der Waals surface area contributed by atoms with Gasteiger partial charge in [-0.1, -0.05) is 18.2 Å². The fraction of sp³-hybridized carbons (Fsp3) is 0.421. The summed E-state index contributed by atoms with van der Waals surface area (Å²) in [7, 11) is -3.61. The van der Waals surface area contributed by atoms with Crippen molar-refractivity contribution in [1.29, 1.82) is 0 Å². The first-order valence-corrected chi connectivity index (χ1v) is 11.3. The maximum atomic E-state index is 12.7. The highest BCUT2D eigenvalue weighted by molar-refractivity contribution is 7.89. The summed E-state index contributed by atoms with van der Waals surface area (Å²) >= 11 is 1.64. The first-order chi connectivity index (χ1) is 12.7. The standard InChI is InChI=1S/C19H28N4O2S2/c1-5-20-18(21-12-15-10-11-26-14-15)22-13-16-8-6-7-9-17(16)27(24,25)23-19(2,3)4/h6-11,14,23H,5,12-13H2,1-4H3,(H2,20,21,22). The molecule has 0 saturated heterocycles. The van der Waals surface area contributed by atoms with E-state index in [0.29, 0.717) is 24.6 Å². The largest absolute Gasteiger partial charge is 0.357 e. The van der Waals surface area contributed by atoms with Gasteiger partial charge in [-0.15, -0.1) is 0 Å². The quantitative estimate of drug-likeness (QED) is 0.486. The molecule has 27 heavy (non-hydrogen) atoms. The van der Waals surface area contributed by atoms with Crippen molar-refractivity contribution in [3.8, 4) is 0 Å². The molecule has 1 aromatic heterocycles. The average molecular weight is 409 g/mol. The van der Waals surface area contributed by atoms with Gasteiger partial charge in [-0.2, -0.15) is 11.3 Å². The van der Waals surface area contributed by atoms with E-state index >= 15 is 0 Å². The molecule has 0 spiro atoms. The molecule has 0 saturated carbocycles. The number of benzene rings is 1. The Labute approximate surface area is 166 Å². The Hall–Kier alpha value is -1.90. The zero-order valence-corrected chi connectivity index (χ0v) is 17.9. The normalized spacial score (nSPS) is 12.8. The number of nitrogens with one attached hydrogen (secondary N) is 3. The van der Waals surface area contributed by atoms with Crippen LogP contribution in [0.15, 0.2) is 51.0 Å². The average Bonchev–Trinajstić information content (AvgIpc) is 3.09. The van der Waals surface area contributed by atoms with E-state index in [0.717, 1.165) is 12.1 Å². The number of rotatable bonds is 7. The van der Waals surface area contributed by atoms with E-state index in [2.05, 4.69) is 25.7 Å². The van der Waals surface area contributed by atoms with Gasteiger partial charge in [-0.3, -0.25) is 0 Å². The van der Waals surface area contributed by atoms with Crippen LogP contribution in [0, 0.1) is 0 Å². The number of hydrogen-bond acceptors (Lipinski definition) is 4. The number of aliphatic imine (C=N–C) groups is 1. The van der Waals surface area contributed by atoms with E-state index in [1.807, 2.05) is 51.3 Å². The summed E-state index contributed by atoms with van der Waals surface area (Å²) in [4.78, 5) is 4.84. The predicted molar refractivity (Wildman–Crippen MR) is 112 cm³/mol. The van der Waals surface area contributed by atoms with Gasteiger partial charge in [0.25, 0.3) is 0 Å². The summed E-state index contributed by atoms with van der Waals surface area (Å²) in [5.74, 6) is 0.652. The minimum atomic E-state index is -3.61. The fourth-order valence-electron chi connectivity index (χ4n) is 2.44. The molecule has 2 rings (SSSR count). The van der Waals surface area contributed by atoms with Gasteiger partial charge in [0.1, 0.15) is 0 Å². The smallest absolute Gasteiger partial charge is 0.241 e. The van der Waals surface area contributed by atoms with Gasteiger partial charge in [0.15, 0.2) is 5.96 Å². The topological polar surface area (TPSA) is 82.6 Å². The molecule has 0 bridgehead atoms. The third kappa shape index (κ3) is 6.97. The second-order valence-corrected chi connectivity index (χ2v) is 9.57. The molecule has 148 valence electrons. The van der Waals surface area contributed by atoms with Crippen LogP contribution in [0.5, 0.6) is 0 Å². The Morgan fingerprint density at radius 2 is 1.89 bits per heavy atom. The minimum Gasteiger partial charge on any atom is -0.357 e. The summed E-state index contributed by atoms with van der Waals surface area (Å²) in [6.07, 6.45) is 0. The monoisotopic (exact) mass is 408 g/mol. The van der Waals surface area contributed by atoms with Gasteiger partial charge in [0.2, 0.25) is 10.0 Å². The van der Waals surface area contributed by atoms with Crippen LogP contribution in [-0.2, 0) is 23.1 Å². The van der Waals surface area contributed by atoms with Crippen molar-refractivity contribution in [3.05, 3.63) is 52.2 Å². The van der Waals surface area contributed by atoms with Gasteiger partial charge in [-0.05, 0) is 61.7 Å². The van der Waals surface area contributed by atoms with E-state index in [1.165, 1.54) is 0 Å². The molecule has 0 fully saturated rings. The molecular formula is C19H28N4O2S2. The maximum Gasteiger partial charge on any atom is 0.241 e. The van der Waals surface area contributed by atoms with Crippen LogP contribution in [0.3, 0.4) is 0 Å². The third-order valence-electron chi connectivity index (χ3n) is 3.49. The minimum absolute atomic E-state index is 0.279. The summed E-state index contributed by atoms with van der Waals surface area (Å²) in [6.45, 7) is 9.12. The molecule has 0 amide bonds. The van der Waals surface area contributed by atoms with Gasteiger partial charge in [0, 0.05) is 18.6 Å². The van der Waals surface area contributed by atoms with Crippen LogP contribution < -0.4 is 15.4 Å². The first-order valence-electron chi connectivity index (χ1n) is 8.86. The Kier molecular flexibility index (Phi) is 7.41. The van der Waals surface area contributed by atoms with E-state index in [1.54, 1.807) is 23.5 Å². The van der Waals surface area contributed by atoms with E-state index in [9.17, 15) is 8.42 Å². The van der Waals surface area contributed by atoms with Crippen LogP contribution in [0.4, 0.5) is 0 Å². The molecule has 0 radical (unpaired) electrons. The Morgan fingerprint density at radius 3 is 2.52 bits per heavy atom. The van der Waals surface area contributed by atoms with Crippen molar-refractivity contribution in [2.45, 2.75) is 51.2 Å². The van der Waals surface area contributed by atoms with Crippen molar-refractivity contribution < 1.29 is 8.42 Å². The molecule has 2 aromatic rings. The molecule has 8 heteroatoms. The zero-order valence-electron chi connectivity index (χ0n) is 16.2. The fourth-order valence-corrected chi connectivity index (χ4v) is 4.76. The number of hydrogen-bond donors (Lipinski definition) is 3. The lowest BCUT2D eigenvalue weighted by Crippen LogP contribution is -2.41. The summed E-state index contributed by atoms with van der Waals surface area (Å²) < 4.78 is 28.2. The summed E-state index contributed by atoms with van der Waals surface area (Å²) in [6, 6.07) is 9.05. The molecule has 0 aliphatic rings. The van der Waals surface area contributed by atoms with Crippen molar-refractivity contribution >= 4 is 27.3 Å². The molecule has 0 aliphatic carbocycles. The third-order valence-corrected chi connectivity index (χ3v) is 6.08. The van der Waals surface area contributed by atoms with Gasteiger partial charge < -0.3 is 10.6 Å². The highest BCUT2D eigenvalue weighted by Gasteiger charge is 2.24. The molecule has 6 nitrogen and oxygen atoms in total. The zero-order chi connectivity index (χ0) is 19.9. The van der Waals surface area contributed by atoms with Crippen molar-refractivity contribution in [2.75, 3.05) is 6.54 Å². The molecule has 0 atom stereocenters. The van der Waals surface area contributed by atoms with Crippen LogP contribution >= 0.6 is 11.3 Å². The van der Waals surface area contributed by atoms with Crippen molar-refractivity contribution in [3.63, 3.8) is 0 Å². The van der Waals surface area contributed by atoms with Crippen molar-refractivity contribution in [2.24, 2.45) is 4.99 Å². The highest BCUT2D eigenvalue weighted by Crippen LogP contribution is 2.17. The van der Waals surface area contributed by atoms with Crippen molar-refractivity contribution in [1.82, 2.24) is 15.4 Å². The highest BCUT2D eigenvalue weighted by atomic mass is 32.2. The first kappa shape index (κ1) is 21.4. The molecule has 0 aliphatic heterocycles. The number of guanidine groups is 1. The Morgan fingerprint density at radius 1 is 1.15 bits per heavy atom. The lowest BCUT2D eigenvalue weighted by atomic mass is 10.1. The molecular weight excluding hydrogens is 380 g/mol. The van der Waals surface area contributed by atoms with Crippen LogP contribution in [-0.4, -0.2) is 26.5 Å². The van der Waals surface area contributed by atoms with Crippen LogP contribution in [0.2, 0.25) is 0 Å². The molecule has 3 N–H and O–H groups in total. The molecule has 0 unspecified atom stereocenters. The number of nitrogens with zero attached hydrogens (tertiary/aromatic N) is 1. The van der Waals surface area contributed by atoms with E-state index in [-0.39, 0.29) is 4.90 Å². The Bertz CT molecular complexity index is 854. The second-order valence-electron chi connectivity index (χ2n) is 7.14.